The van der Waals surface area contributed by atoms with Gasteiger partial charge in [-0.2, -0.15) is 0 Å². The van der Waals surface area contributed by atoms with Crippen molar-refractivity contribution in [1.82, 2.24) is 10.2 Å². The Morgan fingerprint density at radius 3 is 2.43 bits per heavy atom. The van der Waals surface area contributed by atoms with Crippen molar-refractivity contribution in [2.45, 2.75) is 52.6 Å². The van der Waals surface area contributed by atoms with Gasteiger partial charge < -0.3 is 15.0 Å². The Kier molecular flexibility index (Phi) is 9.68. The molecule has 0 aliphatic heterocycles. The molecule has 0 saturated carbocycles. The number of carbonyl (C=O) groups is 2. The molecule has 1 N–H and O–H groups in total. The standard InChI is InChI=1S/C24H31ClN2O3/c1-4-22(24(29)26-5-2)27(17-19-10-7-6-9-18(19)3)23(28)11-8-16-30-21-14-12-20(25)13-15-21/h6-7,9-10,12-15,22H,4-5,8,11,16-17H2,1-3H3,(H,26,29). The number of nitrogens with one attached hydrogen (secondary N) is 1. The molecule has 30 heavy (non-hydrogen) atoms. The van der Waals surface area contributed by atoms with Crippen molar-refractivity contribution in [3.8, 4) is 5.75 Å². The summed E-state index contributed by atoms with van der Waals surface area (Å²) >= 11 is 5.88. The number of benzene rings is 2. The molecule has 2 amide bonds. The fourth-order valence-corrected chi connectivity index (χ4v) is 3.40. The molecule has 162 valence electrons. The maximum atomic E-state index is 13.1. The van der Waals surface area contributed by atoms with E-state index >= 15 is 0 Å². The van der Waals surface area contributed by atoms with Gasteiger partial charge in [-0.15, -0.1) is 0 Å². The molecule has 6 heteroatoms. The van der Waals surface area contributed by atoms with E-state index in [0.29, 0.717) is 44.0 Å². The van der Waals surface area contributed by atoms with Gasteiger partial charge in [0.2, 0.25) is 11.8 Å². The first-order valence-corrected chi connectivity index (χ1v) is 10.8. The van der Waals surface area contributed by atoms with Gasteiger partial charge in [0, 0.05) is 24.5 Å². The predicted octanol–water partition coefficient (Wildman–Crippen LogP) is 4.75. The molecule has 0 spiro atoms. The molecule has 0 bridgehead atoms. The first kappa shape index (κ1) is 23.7. The van der Waals surface area contributed by atoms with Crippen molar-refractivity contribution in [2.75, 3.05) is 13.2 Å². The molecule has 0 heterocycles. The summed E-state index contributed by atoms with van der Waals surface area (Å²) in [4.78, 5) is 27.4. The van der Waals surface area contributed by atoms with Crippen molar-refractivity contribution < 1.29 is 14.3 Å². The van der Waals surface area contributed by atoms with Crippen LogP contribution in [0.2, 0.25) is 5.02 Å². The van der Waals surface area contributed by atoms with E-state index in [2.05, 4.69) is 5.32 Å². The van der Waals surface area contributed by atoms with Gasteiger partial charge in [-0.05, 0) is 62.1 Å². The highest BCUT2D eigenvalue weighted by Gasteiger charge is 2.28. The van der Waals surface area contributed by atoms with Gasteiger partial charge in [0.25, 0.3) is 0 Å². The summed E-state index contributed by atoms with van der Waals surface area (Å²) in [6.07, 6.45) is 1.44. The Hall–Kier alpha value is -2.53. The lowest BCUT2D eigenvalue weighted by molar-refractivity contribution is -0.141. The zero-order valence-corrected chi connectivity index (χ0v) is 18.7. The van der Waals surface area contributed by atoms with E-state index in [1.807, 2.05) is 45.0 Å². The van der Waals surface area contributed by atoms with Crippen LogP contribution in [0.4, 0.5) is 0 Å². The second-order valence-electron chi connectivity index (χ2n) is 7.17. The zero-order valence-electron chi connectivity index (χ0n) is 18.0. The molecule has 0 aromatic heterocycles. The minimum absolute atomic E-state index is 0.0453. The van der Waals surface area contributed by atoms with Gasteiger partial charge in [0.05, 0.1) is 6.61 Å². The highest BCUT2D eigenvalue weighted by molar-refractivity contribution is 6.30. The van der Waals surface area contributed by atoms with Crippen LogP contribution in [0.3, 0.4) is 0 Å². The van der Waals surface area contributed by atoms with E-state index in [1.165, 1.54) is 0 Å². The van der Waals surface area contributed by atoms with E-state index in [4.69, 9.17) is 16.3 Å². The highest BCUT2D eigenvalue weighted by Crippen LogP contribution is 2.18. The Labute approximate surface area is 184 Å². The summed E-state index contributed by atoms with van der Waals surface area (Å²) in [5, 5.41) is 3.51. The first-order valence-electron chi connectivity index (χ1n) is 10.5. The minimum atomic E-state index is -0.491. The van der Waals surface area contributed by atoms with E-state index in [9.17, 15) is 9.59 Å². The van der Waals surface area contributed by atoms with E-state index in [-0.39, 0.29) is 11.8 Å². The topological polar surface area (TPSA) is 58.6 Å². The van der Waals surface area contributed by atoms with Crippen molar-refractivity contribution in [1.29, 1.82) is 0 Å². The number of ether oxygens (including phenoxy) is 1. The molecule has 0 saturated heterocycles. The van der Waals surface area contributed by atoms with Crippen molar-refractivity contribution in [3.05, 3.63) is 64.7 Å². The number of likely N-dealkylation sites (N-methyl/N-ethyl adjacent to an activating group) is 1. The van der Waals surface area contributed by atoms with Gasteiger partial charge in [-0.25, -0.2) is 0 Å². The molecule has 1 atom stereocenters. The molecule has 2 aromatic rings. The summed E-state index contributed by atoms with van der Waals surface area (Å²) in [7, 11) is 0. The maximum Gasteiger partial charge on any atom is 0.242 e. The highest BCUT2D eigenvalue weighted by atomic mass is 35.5. The van der Waals surface area contributed by atoms with Crippen LogP contribution in [0, 0.1) is 6.92 Å². The number of carbonyl (C=O) groups excluding carboxylic acids is 2. The fraction of sp³-hybridized carbons (Fsp3) is 0.417. The van der Waals surface area contributed by atoms with Crippen LogP contribution >= 0.6 is 11.6 Å². The van der Waals surface area contributed by atoms with Crippen LogP contribution in [-0.4, -0.2) is 35.9 Å². The summed E-state index contributed by atoms with van der Waals surface area (Å²) < 4.78 is 5.69. The Balaban J connectivity index is 2.04. The normalized spacial score (nSPS) is 11.6. The van der Waals surface area contributed by atoms with Crippen LogP contribution in [0.5, 0.6) is 5.75 Å². The Morgan fingerprint density at radius 2 is 1.80 bits per heavy atom. The van der Waals surface area contributed by atoms with Gasteiger partial charge in [0.1, 0.15) is 11.8 Å². The van der Waals surface area contributed by atoms with E-state index in [1.54, 1.807) is 29.2 Å². The number of amides is 2. The molecule has 2 aromatic carbocycles. The summed E-state index contributed by atoms with van der Waals surface area (Å²) in [6.45, 7) is 7.21. The lowest BCUT2D eigenvalue weighted by Crippen LogP contribution is -2.49. The minimum Gasteiger partial charge on any atom is -0.494 e. The SMILES string of the molecule is CCNC(=O)C(CC)N(Cc1ccccc1C)C(=O)CCCOc1ccc(Cl)cc1. The third-order valence-electron chi connectivity index (χ3n) is 4.96. The molecular formula is C24H31ClN2O3. The van der Waals surface area contributed by atoms with Gasteiger partial charge in [-0.1, -0.05) is 42.8 Å². The molecule has 0 fully saturated rings. The molecule has 0 radical (unpaired) electrons. The lowest BCUT2D eigenvalue weighted by atomic mass is 10.1. The van der Waals surface area contributed by atoms with Crippen molar-refractivity contribution >= 4 is 23.4 Å². The molecular weight excluding hydrogens is 400 g/mol. The van der Waals surface area contributed by atoms with Crippen LogP contribution < -0.4 is 10.1 Å². The zero-order chi connectivity index (χ0) is 21.9. The van der Waals surface area contributed by atoms with E-state index < -0.39 is 6.04 Å². The largest absolute Gasteiger partial charge is 0.494 e. The molecule has 5 nitrogen and oxygen atoms in total. The number of rotatable bonds is 11. The number of aryl methyl sites for hydroxylation is 1. The number of halogens is 1. The van der Waals surface area contributed by atoms with Crippen LogP contribution in [-0.2, 0) is 16.1 Å². The fourth-order valence-electron chi connectivity index (χ4n) is 3.27. The van der Waals surface area contributed by atoms with Crippen molar-refractivity contribution in [2.24, 2.45) is 0 Å². The number of nitrogens with zero attached hydrogens (tertiary/aromatic N) is 1. The monoisotopic (exact) mass is 430 g/mol. The van der Waals surface area contributed by atoms with Crippen LogP contribution in [0.1, 0.15) is 44.2 Å². The third kappa shape index (κ3) is 7.06. The molecule has 0 aliphatic carbocycles. The van der Waals surface area contributed by atoms with Crippen LogP contribution in [0.15, 0.2) is 48.5 Å². The second kappa shape index (κ2) is 12.2. The predicted molar refractivity (Wildman–Crippen MR) is 121 cm³/mol. The average Bonchev–Trinajstić information content (AvgIpc) is 2.73. The maximum absolute atomic E-state index is 13.1. The van der Waals surface area contributed by atoms with Gasteiger partial charge in [0.15, 0.2) is 0 Å². The van der Waals surface area contributed by atoms with Gasteiger partial charge in [-0.3, -0.25) is 9.59 Å². The third-order valence-corrected chi connectivity index (χ3v) is 5.21. The Morgan fingerprint density at radius 1 is 1.10 bits per heavy atom. The second-order valence-corrected chi connectivity index (χ2v) is 7.61. The van der Waals surface area contributed by atoms with Gasteiger partial charge >= 0.3 is 0 Å². The summed E-state index contributed by atoms with van der Waals surface area (Å²) in [6, 6.07) is 14.6. The number of hydrogen-bond acceptors (Lipinski definition) is 3. The smallest absolute Gasteiger partial charge is 0.242 e. The molecule has 1 unspecified atom stereocenters. The lowest BCUT2D eigenvalue weighted by Gasteiger charge is -2.31. The average molecular weight is 431 g/mol. The molecule has 0 aliphatic rings. The Bertz CT molecular complexity index is 823. The van der Waals surface area contributed by atoms with E-state index in [0.717, 1.165) is 16.9 Å². The summed E-state index contributed by atoms with van der Waals surface area (Å²) in [5.74, 6) is 0.563. The van der Waals surface area contributed by atoms with Crippen molar-refractivity contribution in [3.63, 3.8) is 0 Å². The molecule has 2 rings (SSSR count). The quantitative estimate of drug-likeness (QED) is 0.523. The summed E-state index contributed by atoms with van der Waals surface area (Å²) in [5.41, 5.74) is 2.15. The first-order chi connectivity index (χ1) is 14.5. The number of hydrogen-bond donors (Lipinski definition) is 1. The van der Waals surface area contributed by atoms with Crippen LogP contribution in [0.25, 0.3) is 0 Å².